The van der Waals surface area contributed by atoms with Gasteiger partial charge in [-0.1, -0.05) is 54.1 Å². The van der Waals surface area contributed by atoms with Gasteiger partial charge in [-0.15, -0.1) is 0 Å². The Morgan fingerprint density at radius 3 is 2.50 bits per heavy atom. The van der Waals surface area contributed by atoms with Crippen LogP contribution >= 0.6 is 11.6 Å². The number of aromatic nitrogens is 2. The number of rotatable bonds is 7. The largest absolute Gasteiger partial charge is 0.454 e. The van der Waals surface area contributed by atoms with E-state index in [1.807, 2.05) is 6.07 Å². The molecule has 1 aromatic heterocycles. The van der Waals surface area contributed by atoms with E-state index in [4.69, 9.17) is 22.1 Å². The van der Waals surface area contributed by atoms with Crippen molar-refractivity contribution >= 4 is 35.2 Å². The second-order valence-corrected chi connectivity index (χ2v) is 7.33. The molecule has 0 unspecified atom stereocenters. The minimum absolute atomic E-state index is 0.0715. The molecule has 0 aliphatic carbocycles. The third kappa shape index (κ3) is 5.22. The molecule has 0 saturated carbocycles. The van der Waals surface area contributed by atoms with E-state index in [-0.39, 0.29) is 12.4 Å². The molecule has 2 N–H and O–H groups in total. The van der Waals surface area contributed by atoms with Crippen molar-refractivity contribution in [1.29, 1.82) is 0 Å². The van der Waals surface area contributed by atoms with Crippen molar-refractivity contribution in [3.8, 4) is 0 Å². The summed E-state index contributed by atoms with van der Waals surface area (Å²) in [7, 11) is 1.25. The maximum absolute atomic E-state index is 12.7. The van der Waals surface area contributed by atoms with Crippen LogP contribution in [0.2, 0.25) is 5.02 Å². The molecule has 3 aromatic rings. The Balaban J connectivity index is 1.79. The fraction of sp³-hybridized carbons (Fsp3) is 0.130. The van der Waals surface area contributed by atoms with Gasteiger partial charge in [0.2, 0.25) is 5.78 Å². The van der Waals surface area contributed by atoms with E-state index in [1.165, 1.54) is 13.1 Å². The molecule has 9 heteroatoms. The van der Waals surface area contributed by atoms with Crippen LogP contribution < -0.4 is 17.0 Å². The molecule has 32 heavy (non-hydrogen) atoms. The quantitative estimate of drug-likeness (QED) is 0.333. The van der Waals surface area contributed by atoms with Crippen LogP contribution in [0.25, 0.3) is 6.08 Å². The van der Waals surface area contributed by atoms with Crippen LogP contribution in [0.5, 0.6) is 0 Å². The molecule has 0 amide bonds. The highest BCUT2D eigenvalue weighted by atomic mass is 35.5. The number of anilines is 1. The molecule has 0 bridgehead atoms. The molecule has 0 fully saturated rings. The van der Waals surface area contributed by atoms with Gasteiger partial charge in [0.1, 0.15) is 11.4 Å². The van der Waals surface area contributed by atoms with E-state index in [0.717, 1.165) is 20.8 Å². The van der Waals surface area contributed by atoms with E-state index in [2.05, 4.69) is 0 Å². The van der Waals surface area contributed by atoms with Gasteiger partial charge < -0.3 is 10.5 Å². The van der Waals surface area contributed by atoms with Crippen molar-refractivity contribution in [2.75, 3.05) is 12.3 Å². The molecule has 164 valence electrons. The number of benzene rings is 2. The van der Waals surface area contributed by atoms with Crippen LogP contribution in [0.3, 0.4) is 0 Å². The van der Waals surface area contributed by atoms with Crippen LogP contribution in [0.4, 0.5) is 5.82 Å². The summed E-state index contributed by atoms with van der Waals surface area (Å²) in [5, 5.41) is 0.507. The van der Waals surface area contributed by atoms with Gasteiger partial charge in [-0.2, -0.15) is 0 Å². The van der Waals surface area contributed by atoms with Crippen molar-refractivity contribution in [2.24, 2.45) is 7.05 Å². The van der Waals surface area contributed by atoms with Gasteiger partial charge in [-0.05, 0) is 29.3 Å². The first-order valence-electron chi connectivity index (χ1n) is 9.54. The second-order valence-electron chi connectivity index (χ2n) is 6.90. The fourth-order valence-electron chi connectivity index (χ4n) is 3.00. The molecule has 8 nitrogen and oxygen atoms in total. The van der Waals surface area contributed by atoms with E-state index in [1.54, 1.807) is 48.5 Å². The Morgan fingerprint density at radius 2 is 1.81 bits per heavy atom. The highest BCUT2D eigenvalue weighted by Crippen LogP contribution is 2.12. The molecular weight excluding hydrogens is 434 g/mol. The van der Waals surface area contributed by atoms with Crippen LogP contribution in [0.1, 0.15) is 21.5 Å². The van der Waals surface area contributed by atoms with Gasteiger partial charge in [-0.3, -0.25) is 18.7 Å². The summed E-state index contributed by atoms with van der Waals surface area (Å²) in [6.07, 6.45) is 2.61. The molecule has 1 heterocycles. The lowest BCUT2D eigenvalue weighted by molar-refractivity contribution is -0.136. The Morgan fingerprint density at radius 1 is 1.09 bits per heavy atom. The Labute approximate surface area is 188 Å². The number of nitrogens with two attached hydrogens (primary N) is 1. The number of ketones is 1. The molecule has 0 atom stereocenters. The highest BCUT2D eigenvalue weighted by Gasteiger charge is 2.22. The predicted molar refractivity (Wildman–Crippen MR) is 122 cm³/mol. The number of esters is 1. The number of nitrogen functional groups attached to an aromatic ring is 1. The molecule has 0 spiro atoms. The summed E-state index contributed by atoms with van der Waals surface area (Å²) in [6, 6.07) is 15.8. The SMILES string of the molecule is Cn1c(=O)c(C(=O)COC(=O)C=Cc2cccc(Cl)c2)c(N)n(Cc2ccccc2)c1=O. The van der Waals surface area contributed by atoms with Crippen molar-refractivity contribution in [3.05, 3.63) is 103 Å². The molecule has 0 aliphatic rings. The summed E-state index contributed by atoms with van der Waals surface area (Å²) < 4.78 is 6.88. The number of carbonyl (C=O) groups excluding carboxylic acids is 2. The summed E-state index contributed by atoms with van der Waals surface area (Å²) >= 11 is 5.89. The number of Topliss-reactive ketones (excluding diaryl/α,β-unsaturated/α-hetero) is 1. The van der Waals surface area contributed by atoms with Crippen LogP contribution in [0.15, 0.2) is 70.3 Å². The van der Waals surface area contributed by atoms with Gasteiger partial charge in [0.05, 0.1) is 6.54 Å². The van der Waals surface area contributed by atoms with Crippen LogP contribution in [-0.2, 0) is 23.1 Å². The Hall–Kier alpha value is -3.91. The maximum Gasteiger partial charge on any atom is 0.332 e. The number of carbonyl (C=O) groups is 2. The van der Waals surface area contributed by atoms with Crippen LogP contribution in [-0.4, -0.2) is 27.5 Å². The first-order chi connectivity index (χ1) is 15.3. The van der Waals surface area contributed by atoms with Crippen molar-refractivity contribution in [2.45, 2.75) is 6.54 Å². The zero-order valence-corrected chi connectivity index (χ0v) is 17.9. The first kappa shape index (κ1) is 22.8. The molecule has 0 radical (unpaired) electrons. The zero-order chi connectivity index (χ0) is 23.3. The normalized spacial score (nSPS) is 10.9. The smallest absolute Gasteiger partial charge is 0.332 e. The lowest BCUT2D eigenvalue weighted by Crippen LogP contribution is -2.43. The Bertz CT molecular complexity index is 1310. The molecule has 0 saturated heterocycles. The molecule has 0 aliphatic heterocycles. The van der Waals surface area contributed by atoms with Gasteiger partial charge in [0.15, 0.2) is 6.61 Å². The van der Waals surface area contributed by atoms with Crippen molar-refractivity contribution < 1.29 is 14.3 Å². The van der Waals surface area contributed by atoms with Gasteiger partial charge >= 0.3 is 11.7 Å². The van der Waals surface area contributed by atoms with E-state index >= 15 is 0 Å². The molecule has 3 rings (SSSR count). The average Bonchev–Trinajstić information content (AvgIpc) is 2.78. The van der Waals surface area contributed by atoms with Crippen LogP contribution in [0, 0.1) is 0 Å². The summed E-state index contributed by atoms with van der Waals surface area (Å²) in [5.41, 5.74) is 5.53. The van der Waals surface area contributed by atoms with E-state index < -0.39 is 35.2 Å². The lowest BCUT2D eigenvalue weighted by Gasteiger charge is -2.14. The monoisotopic (exact) mass is 453 g/mol. The van der Waals surface area contributed by atoms with Gasteiger partial charge in [0, 0.05) is 18.1 Å². The van der Waals surface area contributed by atoms with Crippen molar-refractivity contribution in [3.63, 3.8) is 0 Å². The highest BCUT2D eigenvalue weighted by molar-refractivity contribution is 6.30. The Kier molecular flexibility index (Phi) is 7.07. The lowest BCUT2D eigenvalue weighted by atomic mass is 10.2. The third-order valence-electron chi connectivity index (χ3n) is 4.65. The van der Waals surface area contributed by atoms with Gasteiger partial charge in [-0.25, -0.2) is 9.59 Å². The number of ether oxygens (including phenoxy) is 1. The summed E-state index contributed by atoms with van der Waals surface area (Å²) in [4.78, 5) is 49.7. The number of halogens is 1. The molecule has 2 aromatic carbocycles. The number of nitrogens with zero attached hydrogens (tertiary/aromatic N) is 2. The predicted octanol–water partition coefficient (Wildman–Crippen LogP) is 2.27. The summed E-state index contributed by atoms with van der Waals surface area (Å²) in [5.74, 6) is -1.88. The minimum atomic E-state index is -0.854. The second kappa shape index (κ2) is 9.93. The minimum Gasteiger partial charge on any atom is -0.454 e. The van der Waals surface area contributed by atoms with Crippen molar-refractivity contribution in [1.82, 2.24) is 9.13 Å². The maximum atomic E-state index is 12.7. The zero-order valence-electron chi connectivity index (χ0n) is 17.2. The molecular formula is C23H20ClN3O5. The topological polar surface area (TPSA) is 113 Å². The fourth-order valence-corrected chi connectivity index (χ4v) is 3.19. The average molecular weight is 454 g/mol. The third-order valence-corrected chi connectivity index (χ3v) is 4.89. The van der Waals surface area contributed by atoms with Gasteiger partial charge in [0.25, 0.3) is 5.56 Å². The van der Waals surface area contributed by atoms with E-state index in [9.17, 15) is 19.2 Å². The number of hydrogen-bond donors (Lipinski definition) is 1. The standard InChI is InChI=1S/C23H20ClN3O5/c1-26-22(30)20(21(25)27(23(26)31)13-16-6-3-2-4-7-16)18(28)14-32-19(29)11-10-15-8-5-9-17(24)12-15/h2-12H,13-14,25H2,1H3. The van der Waals surface area contributed by atoms with E-state index in [0.29, 0.717) is 10.6 Å². The number of hydrogen-bond acceptors (Lipinski definition) is 6. The summed E-state index contributed by atoms with van der Waals surface area (Å²) in [6.45, 7) is -0.635. The first-order valence-corrected chi connectivity index (χ1v) is 9.92.